The van der Waals surface area contributed by atoms with Gasteiger partial charge in [-0.05, 0) is 21.8 Å². The van der Waals surface area contributed by atoms with Crippen molar-refractivity contribution in [3.63, 3.8) is 0 Å². The van der Waals surface area contributed by atoms with E-state index in [1.165, 1.54) is 0 Å². The fraction of sp³-hybridized carbons (Fsp3) is 0.333. The molecule has 7 heteroatoms. The van der Waals surface area contributed by atoms with Crippen LogP contribution in [0.2, 0.25) is 0 Å². The van der Waals surface area contributed by atoms with E-state index in [0.717, 1.165) is 10.2 Å². The van der Waals surface area contributed by atoms with Crippen molar-refractivity contribution in [2.24, 2.45) is 0 Å². The Hall–Kier alpha value is -1.08. The molecule has 2 rings (SSSR count). The summed E-state index contributed by atoms with van der Waals surface area (Å²) in [6.45, 7) is 4.16. The monoisotopic (exact) mass is 299 g/mol. The van der Waals surface area contributed by atoms with Gasteiger partial charge in [-0.3, -0.25) is 0 Å². The zero-order chi connectivity index (χ0) is 11.7. The standard InChI is InChI=1S/C9H10BrN5S/c1-4(2)7-6(10)9(16)13-8(12-7)5-3-11-15-14-5/h3-4H,1-2H3,(H,11,14,15)(H,12,13,16). The predicted octanol–water partition coefficient (Wildman–Crippen LogP) is 2.81. The Balaban J connectivity index is 2.62. The third-order valence-electron chi connectivity index (χ3n) is 2.13. The lowest BCUT2D eigenvalue weighted by Crippen LogP contribution is -2.00. The van der Waals surface area contributed by atoms with Crippen LogP contribution in [-0.4, -0.2) is 25.4 Å². The molecule has 0 amide bonds. The van der Waals surface area contributed by atoms with Crippen molar-refractivity contribution in [2.45, 2.75) is 19.8 Å². The van der Waals surface area contributed by atoms with Gasteiger partial charge in [0.2, 0.25) is 0 Å². The van der Waals surface area contributed by atoms with Gasteiger partial charge in [0.1, 0.15) is 10.3 Å². The van der Waals surface area contributed by atoms with E-state index in [4.69, 9.17) is 12.2 Å². The highest BCUT2D eigenvalue weighted by atomic mass is 79.9. The second-order valence-corrected chi connectivity index (χ2v) is 4.81. The summed E-state index contributed by atoms with van der Waals surface area (Å²) in [5, 5.41) is 10.3. The number of aromatic amines is 2. The molecular formula is C9H10BrN5S. The second kappa shape index (κ2) is 4.42. The van der Waals surface area contributed by atoms with Gasteiger partial charge in [-0.2, -0.15) is 15.4 Å². The van der Waals surface area contributed by atoms with E-state index in [0.29, 0.717) is 22.1 Å². The van der Waals surface area contributed by atoms with Gasteiger partial charge in [0.25, 0.3) is 0 Å². The molecule has 0 fully saturated rings. The molecular weight excluding hydrogens is 290 g/mol. The highest BCUT2D eigenvalue weighted by Crippen LogP contribution is 2.25. The molecule has 0 unspecified atom stereocenters. The van der Waals surface area contributed by atoms with Crippen LogP contribution in [0.4, 0.5) is 0 Å². The minimum absolute atomic E-state index is 0.324. The Labute approximate surface area is 106 Å². The number of hydrogen-bond acceptors (Lipinski definition) is 4. The molecule has 84 valence electrons. The summed E-state index contributed by atoms with van der Waals surface area (Å²) in [5.41, 5.74) is 1.67. The molecule has 2 aromatic rings. The van der Waals surface area contributed by atoms with Crippen molar-refractivity contribution in [1.29, 1.82) is 0 Å². The Morgan fingerprint density at radius 3 is 2.75 bits per heavy atom. The molecule has 16 heavy (non-hydrogen) atoms. The van der Waals surface area contributed by atoms with Crippen molar-refractivity contribution in [3.05, 3.63) is 21.0 Å². The van der Waals surface area contributed by atoms with E-state index in [-0.39, 0.29) is 0 Å². The van der Waals surface area contributed by atoms with Gasteiger partial charge in [-0.25, -0.2) is 4.98 Å². The van der Waals surface area contributed by atoms with Gasteiger partial charge in [-0.15, -0.1) is 0 Å². The number of nitrogens with one attached hydrogen (secondary N) is 2. The first-order valence-electron chi connectivity index (χ1n) is 4.75. The Morgan fingerprint density at radius 1 is 1.44 bits per heavy atom. The van der Waals surface area contributed by atoms with Crippen LogP contribution in [0.15, 0.2) is 10.7 Å². The third-order valence-corrected chi connectivity index (χ3v) is 3.49. The van der Waals surface area contributed by atoms with Crippen molar-refractivity contribution in [1.82, 2.24) is 25.4 Å². The van der Waals surface area contributed by atoms with E-state index < -0.39 is 0 Å². The zero-order valence-electron chi connectivity index (χ0n) is 8.78. The van der Waals surface area contributed by atoms with Gasteiger partial charge in [0.05, 0.1) is 10.7 Å². The normalized spacial score (nSPS) is 11.0. The number of rotatable bonds is 2. The molecule has 0 saturated heterocycles. The molecule has 0 aliphatic rings. The first-order valence-corrected chi connectivity index (χ1v) is 5.95. The fourth-order valence-electron chi connectivity index (χ4n) is 1.31. The Kier molecular flexibility index (Phi) is 3.15. The molecule has 0 atom stereocenters. The first kappa shape index (κ1) is 11.4. The van der Waals surface area contributed by atoms with Gasteiger partial charge in [0.15, 0.2) is 5.82 Å². The lowest BCUT2D eigenvalue weighted by Gasteiger charge is -2.09. The van der Waals surface area contributed by atoms with Crippen molar-refractivity contribution in [2.75, 3.05) is 0 Å². The largest absolute Gasteiger partial charge is 0.340 e. The molecule has 0 spiro atoms. The fourth-order valence-corrected chi connectivity index (χ4v) is 2.16. The van der Waals surface area contributed by atoms with Gasteiger partial charge < -0.3 is 4.98 Å². The van der Waals surface area contributed by atoms with Crippen LogP contribution in [0.5, 0.6) is 0 Å². The smallest absolute Gasteiger partial charge is 0.161 e. The van der Waals surface area contributed by atoms with E-state index in [9.17, 15) is 0 Å². The van der Waals surface area contributed by atoms with Crippen LogP contribution >= 0.6 is 28.1 Å². The second-order valence-electron chi connectivity index (χ2n) is 3.63. The number of hydrogen-bond donors (Lipinski definition) is 2. The average molecular weight is 300 g/mol. The lowest BCUT2D eigenvalue weighted by molar-refractivity contribution is 0.805. The first-order chi connectivity index (χ1) is 7.59. The topological polar surface area (TPSA) is 70.2 Å². The molecule has 5 nitrogen and oxygen atoms in total. The quantitative estimate of drug-likeness (QED) is 0.837. The summed E-state index contributed by atoms with van der Waals surface area (Å²) in [6.07, 6.45) is 1.60. The number of nitrogens with zero attached hydrogens (tertiary/aromatic N) is 3. The van der Waals surface area contributed by atoms with Crippen LogP contribution in [0.3, 0.4) is 0 Å². The molecule has 0 bridgehead atoms. The van der Waals surface area contributed by atoms with Gasteiger partial charge in [-0.1, -0.05) is 26.1 Å². The molecule has 2 N–H and O–H groups in total. The maximum absolute atomic E-state index is 5.19. The molecule has 2 heterocycles. The summed E-state index contributed by atoms with van der Waals surface area (Å²) < 4.78 is 1.37. The Morgan fingerprint density at radius 2 is 2.19 bits per heavy atom. The summed E-state index contributed by atoms with van der Waals surface area (Å²) in [5.74, 6) is 0.954. The van der Waals surface area contributed by atoms with E-state index in [1.807, 2.05) is 0 Å². The summed E-state index contributed by atoms with van der Waals surface area (Å²) in [7, 11) is 0. The van der Waals surface area contributed by atoms with Crippen LogP contribution in [0.25, 0.3) is 11.5 Å². The summed E-state index contributed by atoms with van der Waals surface area (Å²) in [6, 6.07) is 0. The van der Waals surface area contributed by atoms with E-state index in [1.54, 1.807) is 6.20 Å². The average Bonchev–Trinajstić information content (AvgIpc) is 2.74. The van der Waals surface area contributed by atoms with Crippen molar-refractivity contribution >= 4 is 28.1 Å². The maximum atomic E-state index is 5.19. The molecule has 0 aliphatic heterocycles. The minimum atomic E-state index is 0.324. The van der Waals surface area contributed by atoms with Crippen molar-refractivity contribution < 1.29 is 0 Å². The molecule has 0 aliphatic carbocycles. The van der Waals surface area contributed by atoms with Crippen molar-refractivity contribution in [3.8, 4) is 11.5 Å². The van der Waals surface area contributed by atoms with Gasteiger partial charge in [0, 0.05) is 5.69 Å². The molecule has 0 radical (unpaired) electrons. The predicted molar refractivity (Wildman–Crippen MR) is 66.6 cm³/mol. The SMILES string of the molecule is CC(C)c1[nH]c(-c2cn[nH]n2)nc(=S)c1Br. The highest BCUT2D eigenvalue weighted by Gasteiger charge is 2.11. The summed E-state index contributed by atoms with van der Waals surface area (Å²) >= 11 is 8.62. The Bertz CT molecular complexity index is 546. The molecule has 0 saturated carbocycles. The number of H-pyrrole nitrogens is 2. The number of aromatic nitrogens is 5. The highest BCUT2D eigenvalue weighted by molar-refractivity contribution is 9.10. The van der Waals surface area contributed by atoms with Gasteiger partial charge >= 0.3 is 0 Å². The maximum Gasteiger partial charge on any atom is 0.161 e. The van der Waals surface area contributed by atoms with Crippen LogP contribution in [0, 0.1) is 4.64 Å². The van der Waals surface area contributed by atoms with E-state index in [2.05, 4.69) is 55.2 Å². The molecule has 2 aromatic heterocycles. The number of halogens is 1. The van der Waals surface area contributed by atoms with Crippen LogP contribution in [0.1, 0.15) is 25.5 Å². The van der Waals surface area contributed by atoms with Crippen LogP contribution in [-0.2, 0) is 0 Å². The molecule has 0 aromatic carbocycles. The zero-order valence-corrected chi connectivity index (χ0v) is 11.2. The third kappa shape index (κ3) is 2.05. The summed E-state index contributed by atoms with van der Waals surface area (Å²) in [4.78, 5) is 7.46. The van der Waals surface area contributed by atoms with E-state index >= 15 is 0 Å². The van der Waals surface area contributed by atoms with Crippen LogP contribution < -0.4 is 0 Å². The lowest BCUT2D eigenvalue weighted by atomic mass is 10.1. The minimum Gasteiger partial charge on any atom is -0.340 e.